The standard InChI is InChI=1S/C13H28B2/c1-12(2)14-15-13-10-8-6-4-3-5-7-9-11-13/h12-15H,3-11H2,1-2H3. The molecule has 0 amide bonds. The molecule has 0 N–H and O–H groups in total. The highest BCUT2D eigenvalue weighted by Crippen LogP contribution is 2.25. The molecule has 0 heterocycles. The van der Waals surface area contributed by atoms with Crippen LogP contribution in [-0.4, -0.2) is 14.3 Å². The van der Waals surface area contributed by atoms with Crippen LogP contribution in [0.1, 0.15) is 71.6 Å². The van der Waals surface area contributed by atoms with E-state index >= 15 is 0 Å². The highest BCUT2D eigenvalue weighted by atomic mass is 14.1. The van der Waals surface area contributed by atoms with E-state index in [4.69, 9.17) is 0 Å². The van der Waals surface area contributed by atoms with E-state index in [9.17, 15) is 0 Å². The molecule has 0 aliphatic heterocycles. The van der Waals surface area contributed by atoms with Crippen LogP contribution in [0, 0.1) is 0 Å². The number of rotatable bonds is 3. The van der Waals surface area contributed by atoms with Crippen molar-refractivity contribution in [3.05, 3.63) is 0 Å². The lowest BCUT2D eigenvalue weighted by atomic mass is 9.29. The summed E-state index contributed by atoms with van der Waals surface area (Å²) >= 11 is 0. The van der Waals surface area contributed by atoms with E-state index in [1.165, 1.54) is 72.1 Å². The molecule has 15 heavy (non-hydrogen) atoms. The van der Waals surface area contributed by atoms with Crippen molar-refractivity contribution in [2.45, 2.75) is 83.3 Å². The monoisotopic (exact) mass is 206 g/mol. The molecule has 0 nitrogen and oxygen atoms in total. The van der Waals surface area contributed by atoms with Crippen LogP contribution < -0.4 is 0 Å². The largest absolute Gasteiger partial charge is 0.0908 e. The predicted molar refractivity (Wildman–Crippen MR) is 74.7 cm³/mol. The molecule has 1 aliphatic carbocycles. The van der Waals surface area contributed by atoms with Crippen LogP contribution in [0.3, 0.4) is 0 Å². The summed E-state index contributed by atoms with van der Waals surface area (Å²) < 4.78 is 0. The molecule has 0 unspecified atom stereocenters. The quantitative estimate of drug-likeness (QED) is 0.614. The van der Waals surface area contributed by atoms with Gasteiger partial charge in [-0.25, -0.2) is 0 Å². The summed E-state index contributed by atoms with van der Waals surface area (Å²) in [4.78, 5) is 0. The molecule has 86 valence electrons. The van der Waals surface area contributed by atoms with Crippen LogP contribution in [0.5, 0.6) is 0 Å². The maximum Gasteiger partial charge on any atom is 0.0908 e. The summed E-state index contributed by atoms with van der Waals surface area (Å²) in [6.45, 7) is 4.72. The van der Waals surface area contributed by atoms with Crippen LogP contribution in [0.15, 0.2) is 0 Å². The summed E-state index contributed by atoms with van der Waals surface area (Å²) in [7, 11) is 2.95. The SMILES string of the molecule is CC(C)BBC1CCCCCCCCC1. The van der Waals surface area contributed by atoms with Gasteiger partial charge in [0, 0.05) is 0 Å². The maximum absolute atomic E-state index is 2.36. The third-order valence-corrected chi connectivity index (χ3v) is 3.88. The van der Waals surface area contributed by atoms with Gasteiger partial charge in [0.1, 0.15) is 0 Å². The van der Waals surface area contributed by atoms with Crippen molar-refractivity contribution in [2.24, 2.45) is 0 Å². The first-order valence-electron chi connectivity index (χ1n) is 7.29. The Balaban J connectivity index is 2.19. The van der Waals surface area contributed by atoms with E-state index in [0.29, 0.717) is 0 Å². The molecule has 1 fully saturated rings. The summed E-state index contributed by atoms with van der Waals surface area (Å²) in [6.07, 6.45) is 13.5. The van der Waals surface area contributed by atoms with Gasteiger partial charge in [-0.2, -0.15) is 0 Å². The Labute approximate surface area is 98.1 Å². The van der Waals surface area contributed by atoms with Gasteiger partial charge < -0.3 is 0 Å². The fourth-order valence-electron chi connectivity index (χ4n) is 2.75. The van der Waals surface area contributed by atoms with Crippen molar-refractivity contribution in [1.29, 1.82) is 0 Å². The van der Waals surface area contributed by atoms with Gasteiger partial charge in [-0.15, -0.1) is 0 Å². The molecular weight excluding hydrogens is 178 g/mol. The fourth-order valence-corrected chi connectivity index (χ4v) is 2.75. The van der Waals surface area contributed by atoms with E-state index in [1.807, 2.05) is 0 Å². The Morgan fingerprint density at radius 1 is 0.800 bits per heavy atom. The van der Waals surface area contributed by atoms with Gasteiger partial charge in [-0.3, -0.25) is 0 Å². The van der Waals surface area contributed by atoms with Gasteiger partial charge in [0.25, 0.3) is 0 Å². The third-order valence-electron chi connectivity index (χ3n) is 3.88. The summed E-state index contributed by atoms with van der Waals surface area (Å²) in [5.41, 5.74) is 0. The third kappa shape index (κ3) is 7.09. The molecule has 0 aromatic heterocycles. The summed E-state index contributed by atoms with van der Waals surface area (Å²) in [5, 5.41) is 0. The van der Waals surface area contributed by atoms with E-state index in [2.05, 4.69) is 13.8 Å². The molecular formula is C13H28B2. The zero-order valence-corrected chi connectivity index (χ0v) is 10.9. The average Bonchev–Trinajstić information content (AvgIpc) is 2.23. The van der Waals surface area contributed by atoms with Gasteiger partial charge >= 0.3 is 0 Å². The van der Waals surface area contributed by atoms with Gasteiger partial charge in [-0.05, 0) is 0 Å². The lowest BCUT2D eigenvalue weighted by Crippen LogP contribution is -2.15. The second kappa shape index (κ2) is 8.30. The lowest BCUT2D eigenvalue weighted by Gasteiger charge is -2.18. The first kappa shape index (κ1) is 13.2. The minimum atomic E-state index is 0.903. The molecule has 0 atom stereocenters. The molecule has 2 heteroatoms. The van der Waals surface area contributed by atoms with Crippen LogP contribution in [0.25, 0.3) is 0 Å². The van der Waals surface area contributed by atoms with Gasteiger partial charge in [-0.1, -0.05) is 83.3 Å². The predicted octanol–water partition coefficient (Wildman–Crippen LogP) is 3.92. The van der Waals surface area contributed by atoms with E-state index in [-0.39, 0.29) is 0 Å². The Hall–Kier alpha value is 0.130. The second-order valence-electron chi connectivity index (χ2n) is 5.89. The Morgan fingerprint density at radius 2 is 1.27 bits per heavy atom. The first-order valence-corrected chi connectivity index (χ1v) is 7.29. The van der Waals surface area contributed by atoms with Crippen molar-refractivity contribution in [3.8, 4) is 0 Å². The lowest BCUT2D eigenvalue weighted by molar-refractivity contribution is 0.503. The molecule has 1 aliphatic rings. The van der Waals surface area contributed by atoms with Gasteiger partial charge in [0.2, 0.25) is 0 Å². The minimum Gasteiger partial charge on any atom is -0.0788 e. The average molecular weight is 206 g/mol. The van der Waals surface area contributed by atoms with Crippen molar-refractivity contribution in [2.75, 3.05) is 0 Å². The zero-order chi connectivity index (χ0) is 10.9. The van der Waals surface area contributed by atoms with Crippen molar-refractivity contribution >= 4 is 14.3 Å². The molecule has 0 aromatic rings. The van der Waals surface area contributed by atoms with Crippen LogP contribution >= 0.6 is 0 Å². The highest BCUT2D eigenvalue weighted by Gasteiger charge is 2.12. The Bertz CT molecular complexity index is 135. The Morgan fingerprint density at radius 3 is 1.73 bits per heavy atom. The van der Waals surface area contributed by atoms with Crippen LogP contribution in [0.4, 0.5) is 0 Å². The second-order valence-corrected chi connectivity index (χ2v) is 5.89. The summed E-state index contributed by atoms with van der Waals surface area (Å²) in [5.74, 6) is 1.96. The van der Waals surface area contributed by atoms with E-state index < -0.39 is 0 Å². The molecule has 1 rings (SSSR count). The van der Waals surface area contributed by atoms with Crippen molar-refractivity contribution in [3.63, 3.8) is 0 Å². The van der Waals surface area contributed by atoms with Gasteiger partial charge in [0.15, 0.2) is 0 Å². The van der Waals surface area contributed by atoms with Gasteiger partial charge in [0.05, 0.1) is 14.3 Å². The van der Waals surface area contributed by atoms with Crippen molar-refractivity contribution in [1.82, 2.24) is 0 Å². The van der Waals surface area contributed by atoms with Crippen LogP contribution in [0.2, 0.25) is 11.6 Å². The molecule has 0 saturated heterocycles. The highest BCUT2D eigenvalue weighted by molar-refractivity contribution is 7.01. The van der Waals surface area contributed by atoms with E-state index in [0.717, 1.165) is 11.6 Å². The van der Waals surface area contributed by atoms with E-state index in [1.54, 1.807) is 0 Å². The molecule has 0 radical (unpaired) electrons. The molecule has 0 bridgehead atoms. The van der Waals surface area contributed by atoms with Crippen molar-refractivity contribution < 1.29 is 0 Å². The number of hydrogen-bond acceptors (Lipinski definition) is 0. The summed E-state index contributed by atoms with van der Waals surface area (Å²) in [6, 6.07) is 0. The molecule has 0 aromatic carbocycles. The Kier molecular flexibility index (Phi) is 7.30. The zero-order valence-electron chi connectivity index (χ0n) is 10.9. The smallest absolute Gasteiger partial charge is 0.0788 e. The van der Waals surface area contributed by atoms with Crippen LogP contribution in [-0.2, 0) is 0 Å². The first-order chi connectivity index (χ1) is 7.29. The fraction of sp³-hybridized carbons (Fsp3) is 1.00. The topological polar surface area (TPSA) is 0 Å². The molecule has 0 spiro atoms. The number of hydrogen-bond donors (Lipinski definition) is 0. The molecule has 1 saturated carbocycles. The maximum atomic E-state index is 2.36. The normalized spacial score (nSPS) is 21.3. The minimum absolute atomic E-state index is 0.903.